The molecule has 0 fully saturated rings. The fourth-order valence-corrected chi connectivity index (χ4v) is 2.55. The molecule has 2 aromatic rings. The summed E-state index contributed by atoms with van der Waals surface area (Å²) in [5, 5.41) is 3.91. The first-order valence-electron chi connectivity index (χ1n) is 6.53. The SMILES string of the molecule is CCc1ccc(C(=O)NCCc2ncc(CC)s2)o1. The average Bonchev–Trinajstić information content (AvgIpc) is 3.07. The summed E-state index contributed by atoms with van der Waals surface area (Å²) in [6, 6.07) is 3.55. The molecule has 2 aromatic heterocycles. The zero-order valence-corrected chi connectivity index (χ0v) is 12.0. The molecule has 0 aromatic carbocycles. The van der Waals surface area contributed by atoms with Crippen molar-refractivity contribution in [2.45, 2.75) is 33.1 Å². The van der Waals surface area contributed by atoms with Gasteiger partial charge in [0.15, 0.2) is 5.76 Å². The number of carbonyl (C=O) groups is 1. The van der Waals surface area contributed by atoms with Crippen LogP contribution in [0.3, 0.4) is 0 Å². The number of nitrogens with zero attached hydrogens (tertiary/aromatic N) is 1. The van der Waals surface area contributed by atoms with E-state index in [9.17, 15) is 4.79 Å². The van der Waals surface area contributed by atoms with Gasteiger partial charge in [-0.3, -0.25) is 4.79 Å². The van der Waals surface area contributed by atoms with Gasteiger partial charge in [-0.25, -0.2) is 4.98 Å². The van der Waals surface area contributed by atoms with Gasteiger partial charge in [-0.15, -0.1) is 11.3 Å². The predicted octanol–water partition coefficient (Wildman–Crippen LogP) is 2.83. The summed E-state index contributed by atoms with van der Waals surface area (Å²) >= 11 is 1.70. The van der Waals surface area contributed by atoms with Crippen LogP contribution in [0.2, 0.25) is 0 Å². The number of amides is 1. The van der Waals surface area contributed by atoms with Crippen molar-refractivity contribution in [3.8, 4) is 0 Å². The predicted molar refractivity (Wildman–Crippen MR) is 75.6 cm³/mol. The Balaban J connectivity index is 1.80. The molecular weight excluding hydrogens is 260 g/mol. The molecular formula is C14H18N2O2S. The smallest absolute Gasteiger partial charge is 0.287 e. The van der Waals surface area contributed by atoms with Gasteiger partial charge in [-0.05, 0) is 18.6 Å². The lowest BCUT2D eigenvalue weighted by Gasteiger charge is -2.01. The Morgan fingerprint density at radius 1 is 1.37 bits per heavy atom. The molecule has 5 heteroatoms. The van der Waals surface area contributed by atoms with Gasteiger partial charge < -0.3 is 9.73 Å². The van der Waals surface area contributed by atoms with Crippen LogP contribution in [-0.2, 0) is 19.3 Å². The average molecular weight is 278 g/mol. The Morgan fingerprint density at radius 2 is 2.21 bits per heavy atom. The Labute approximate surface area is 116 Å². The number of hydrogen-bond donors (Lipinski definition) is 1. The summed E-state index contributed by atoms with van der Waals surface area (Å²) in [5.41, 5.74) is 0. The fourth-order valence-electron chi connectivity index (χ4n) is 1.69. The van der Waals surface area contributed by atoms with Crippen molar-refractivity contribution in [3.63, 3.8) is 0 Å². The highest BCUT2D eigenvalue weighted by molar-refractivity contribution is 7.11. The normalized spacial score (nSPS) is 10.6. The minimum Gasteiger partial charge on any atom is -0.456 e. The lowest BCUT2D eigenvalue weighted by atomic mass is 10.3. The lowest BCUT2D eigenvalue weighted by Crippen LogP contribution is -2.25. The van der Waals surface area contributed by atoms with Crippen LogP contribution in [0.1, 0.15) is 40.0 Å². The van der Waals surface area contributed by atoms with E-state index in [1.54, 1.807) is 17.4 Å². The van der Waals surface area contributed by atoms with E-state index < -0.39 is 0 Å². The monoisotopic (exact) mass is 278 g/mol. The molecule has 4 nitrogen and oxygen atoms in total. The Hall–Kier alpha value is -1.62. The van der Waals surface area contributed by atoms with Crippen LogP contribution in [0.5, 0.6) is 0 Å². The Kier molecular flexibility index (Phi) is 4.74. The molecule has 0 bridgehead atoms. The van der Waals surface area contributed by atoms with E-state index in [0.29, 0.717) is 12.3 Å². The van der Waals surface area contributed by atoms with Gasteiger partial charge in [0.1, 0.15) is 5.76 Å². The van der Waals surface area contributed by atoms with Crippen LogP contribution in [-0.4, -0.2) is 17.4 Å². The first kappa shape index (κ1) is 13.8. The second-order valence-electron chi connectivity index (χ2n) is 4.20. The van der Waals surface area contributed by atoms with Crippen molar-refractivity contribution in [3.05, 3.63) is 39.7 Å². The summed E-state index contributed by atoms with van der Waals surface area (Å²) < 4.78 is 5.39. The van der Waals surface area contributed by atoms with E-state index in [-0.39, 0.29) is 5.91 Å². The minimum absolute atomic E-state index is 0.160. The van der Waals surface area contributed by atoms with E-state index in [4.69, 9.17) is 4.42 Å². The van der Waals surface area contributed by atoms with Crippen LogP contribution >= 0.6 is 11.3 Å². The van der Waals surface area contributed by atoms with Crippen LogP contribution in [0.25, 0.3) is 0 Å². The maximum Gasteiger partial charge on any atom is 0.287 e. The standard InChI is InChI=1S/C14H18N2O2S/c1-3-10-5-6-12(18-10)14(17)15-8-7-13-16-9-11(4-2)19-13/h5-6,9H,3-4,7-8H2,1-2H3,(H,15,17). The molecule has 0 atom stereocenters. The van der Waals surface area contributed by atoms with Crippen LogP contribution in [0, 0.1) is 0 Å². The Bertz CT molecular complexity index is 545. The molecule has 0 unspecified atom stereocenters. The fraction of sp³-hybridized carbons (Fsp3) is 0.429. The first-order chi connectivity index (χ1) is 9.22. The van der Waals surface area contributed by atoms with Gasteiger partial charge in [0.25, 0.3) is 5.91 Å². The third-order valence-corrected chi connectivity index (χ3v) is 4.01. The van der Waals surface area contributed by atoms with Crippen molar-refractivity contribution in [2.24, 2.45) is 0 Å². The van der Waals surface area contributed by atoms with Crippen LogP contribution in [0.4, 0.5) is 0 Å². The van der Waals surface area contributed by atoms with Gasteiger partial charge in [-0.2, -0.15) is 0 Å². The number of aromatic nitrogens is 1. The number of hydrogen-bond acceptors (Lipinski definition) is 4. The number of furan rings is 1. The highest BCUT2D eigenvalue weighted by atomic mass is 32.1. The number of thiazole rings is 1. The van der Waals surface area contributed by atoms with Gasteiger partial charge in [0.2, 0.25) is 0 Å². The molecule has 2 rings (SSSR count). The first-order valence-corrected chi connectivity index (χ1v) is 7.35. The van der Waals surface area contributed by atoms with E-state index in [1.807, 2.05) is 19.2 Å². The van der Waals surface area contributed by atoms with E-state index in [0.717, 1.165) is 30.0 Å². The van der Waals surface area contributed by atoms with Crippen LogP contribution < -0.4 is 5.32 Å². The van der Waals surface area contributed by atoms with Crippen molar-refractivity contribution in [1.82, 2.24) is 10.3 Å². The van der Waals surface area contributed by atoms with E-state index in [1.165, 1.54) is 4.88 Å². The topological polar surface area (TPSA) is 55.1 Å². The third kappa shape index (κ3) is 3.67. The van der Waals surface area contributed by atoms with Crippen LogP contribution in [0.15, 0.2) is 22.7 Å². The van der Waals surface area contributed by atoms with E-state index >= 15 is 0 Å². The zero-order valence-electron chi connectivity index (χ0n) is 11.2. The molecule has 0 aliphatic heterocycles. The third-order valence-electron chi connectivity index (χ3n) is 2.81. The number of aryl methyl sites for hydroxylation is 2. The largest absolute Gasteiger partial charge is 0.456 e. The molecule has 1 amide bonds. The number of rotatable bonds is 6. The maximum absolute atomic E-state index is 11.8. The summed E-state index contributed by atoms with van der Waals surface area (Å²) in [5.74, 6) is 1.05. The summed E-state index contributed by atoms with van der Waals surface area (Å²) in [6.07, 6.45) is 4.47. The van der Waals surface area contributed by atoms with Gasteiger partial charge in [-0.1, -0.05) is 13.8 Å². The zero-order chi connectivity index (χ0) is 13.7. The van der Waals surface area contributed by atoms with Gasteiger partial charge >= 0.3 is 0 Å². The van der Waals surface area contributed by atoms with Crippen molar-refractivity contribution >= 4 is 17.2 Å². The van der Waals surface area contributed by atoms with Crippen molar-refractivity contribution in [2.75, 3.05) is 6.54 Å². The highest BCUT2D eigenvalue weighted by Gasteiger charge is 2.10. The summed E-state index contributed by atoms with van der Waals surface area (Å²) in [6.45, 7) is 4.69. The quantitative estimate of drug-likeness (QED) is 0.884. The molecule has 0 spiro atoms. The molecule has 0 saturated heterocycles. The molecule has 19 heavy (non-hydrogen) atoms. The summed E-state index contributed by atoms with van der Waals surface area (Å²) in [7, 11) is 0. The molecule has 102 valence electrons. The molecule has 0 aliphatic carbocycles. The Morgan fingerprint density at radius 3 is 2.84 bits per heavy atom. The molecule has 0 aliphatic rings. The molecule has 2 heterocycles. The second kappa shape index (κ2) is 6.52. The molecule has 0 radical (unpaired) electrons. The lowest BCUT2D eigenvalue weighted by molar-refractivity contribution is 0.0925. The van der Waals surface area contributed by atoms with Crippen molar-refractivity contribution in [1.29, 1.82) is 0 Å². The van der Waals surface area contributed by atoms with Gasteiger partial charge in [0.05, 0.1) is 5.01 Å². The van der Waals surface area contributed by atoms with Gasteiger partial charge in [0, 0.05) is 30.5 Å². The van der Waals surface area contributed by atoms with Crippen molar-refractivity contribution < 1.29 is 9.21 Å². The summed E-state index contributed by atoms with van der Waals surface area (Å²) in [4.78, 5) is 17.4. The minimum atomic E-state index is -0.160. The molecule has 1 N–H and O–H groups in total. The van der Waals surface area contributed by atoms with E-state index in [2.05, 4.69) is 17.2 Å². The highest BCUT2D eigenvalue weighted by Crippen LogP contribution is 2.13. The second-order valence-corrected chi connectivity index (χ2v) is 5.40. The number of nitrogens with one attached hydrogen (secondary N) is 1. The maximum atomic E-state index is 11.8. The molecule has 0 saturated carbocycles. The number of carbonyl (C=O) groups excluding carboxylic acids is 1.